The van der Waals surface area contributed by atoms with Crippen LogP contribution in [-0.4, -0.2) is 8.42 Å². The quantitative estimate of drug-likeness (QED) is 0.324. The zero-order valence-electron chi connectivity index (χ0n) is 10.4. The number of hydrogen-bond donors (Lipinski definition) is 0. The van der Waals surface area contributed by atoms with E-state index in [-0.39, 0.29) is 113 Å². The molecule has 0 N–H and O–H groups in total. The fourth-order valence-corrected chi connectivity index (χ4v) is 2.45. The number of halogens is 2. The van der Waals surface area contributed by atoms with E-state index in [4.69, 9.17) is 0 Å². The molecule has 0 radical (unpaired) electrons. The minimum atomic E-state index is -3.77. The minimum absolute atomic E-state index is 0. The predicted octanol–water partition coefficient (Wildman–Crippen LogP) is -3.59. The van der Waals surface area contributed by atoms with Gasteiger partial charge in [0, 0.05) is 11.6 Å². The molecule has 2 nitrogen and oxygen atoms in total. The predicted molar refractivity (Wildman–Crippen MR) is 55.9 cm³/mol. The van der Waals surface area contributed by atoms with Gasteiger partial charge in [0.2, 0.25) is 0 Å². The van der Waals surface area contributed by atoms with E-state index >= 15 is 0 Å². The van der Waals surface area contributed by atoms with E-state index in [1.807, 2.05) is 0 Å². The van der Waals surface area contributed by atoms with Gasteiger partial charge in [0.25, 0.3) is 0 Å². The standard InChI is InChI=1S/C12H6F2O2S.2K/c13-9-1-5-11(6-2-9)17(15,16)12-7-3-10(14)4-8-12;;/h1,3,5-8H;;/q-2;2*+1. The van der Waals surface area contributed by atoms with Gasteiger partial charge < -0.3 is 0 Å². The molecule has 0 fully saturated rings. The molecule has 0 amide bonds. The Morgan fingerprint density at radius 1 is 0.789 bits per heavy atom. The molecular weight excluding hydrogens is 324 g/mol. The summed E-state index contributed by atoms with van der Waals surface area (Å²) in [6, 6.07) is 10.6. The first-order chi connectivity index (χ1) is 8.00. The maximum Gasteiger partial charge on any atom is 1.00 e. The van der Waals surface area contributed by atoms with Crippen LogP contribution in [0.25, 0.3) is 0 Å². The van der Waals surface area contributed by atoms with E-state index in [0.29, 0.717) is 0 Å². The first-order valence-electron chi connectivity index (χ1n) is 4.60. The maximum absolute atomic E-state index is 12.6. The van der Waals surface area contributed by atoms with E-state index in [0.717, 1.165) is 36.4 Å². The summed E-state index contributed by atoms with van der Waals surface area (Å²) in [5, 5.41) is 0. The molecule has 0 aliphatic rings. The van der Waals surface area contributed by atoms with E-state index in [1.54, 1.807) is 0 Å². The molecule has 19 heavy (non-hydrogen) atoms. The first-order valence-corrected chi connectivity index (χ1v) is 6.08. The molecule has 0 heterocycles. The van der Waals surface area contributed by atoms with Crippen LogP contribution >= 0.6 is 0 Å². The van der Waals surface area contributed by atoms with Crippen LogP contribution < -0.4 is 103 Å². The number of hydrogen-bond acceptors (Lipinski definition) is 2. The summed E-state index contributed by atoms with van der Waals surface area (Å²) >= 11 is 0. The molecule has 0 saturated carbocycles. The summed E-state index contributed by atoms with van der Waals surface area (Å²) in [6.07, 6.45) is 0. The van der Waals surface area contributed by atoms with Gasteiger partial charge in [-0.05, 0) is 9.79 Å². The van der Waals surface area contributed by atoms with E-state index in [1.165, 1.54) is 0 Å². The largest absolute Gasteiger partial charge is 1.00 e. The van der Waals surface area contributed by atoms with Gasteiger partial charge in [0.1, 0.15) is 9.84 Å². The van der Waals surface area contributed by atoms with Gasteiger partial charge in [-0.25, -0.2) is 17.2 Å². The minimum Gasteiger partial charge on any atom is -0.244 e. The fraction of sp³-hybridized carbons (Fsp3) is 0. The third kappa shape index (κ3) is 5.33. The molecule has 0 aliphatic heterocycles. The summed E-state index contributed by atoms with van der Waals surface area (Å²) in [5.74, 6) is -1.29. The van der Waals surface area contributed by atoms with Gasteiger partial charge in [-0.1, -0.05) is 0 Å². The van der Waals surface area contributed by atoms with E-state index in [9.17, 15) is 17.2 Å². The van der Waals surface area contributed by atoms with Crippen LogP contribution in [0.2, 0.25) is 0 Å². The van der Waals surface area contributed by atoms with Crippen LogP contribution in [0.3, 0.4) is 0 Å². The van der Waals surface area contributed by atoms with Crippen molar-refractivity contribution < 1.29 is 120 Å². The summed E-state index contributed by atoms with van der Waals surface area (Å²) in [7, 11) is -3.77. The average molecular weight is 330 g/mol. The Balaban J connectivity index is 0.00000162. The number of rotatable bonds is 2. The van der Waals surface area contributed by atoms with Gasteiger partial charge in [-0.15, -0.1) is 24.3 Å². The molecule has 2 aromatic rings. The number of benzene rings is 2. The molecule has 0 saturated heterocycles. The van der Waals surface area contributed by atoms with E-state index in [2.05, 4.69) is 12.1 Å². The molecule has 7 heteroatoms. The van der Waals surface area contributed by atoms with Gasteiger partial charge in [-0.2, -0.15) is 24.3 Å². The Morgan fingerprint density at radius 2 is 1.16 bits per heavy atom. The SMILES string of the molecule is O=S(=O)(c1c[c-]c(F)cc1)c1c[c-]c(F)cc1.[K+].[K+]. The molecule has 2 rings (SSSR count). The van der Waals surface area contributed by atoms with Crippen molar-refractivity contribution in [1.82, 2.24) is 0 Å². The molecule has 0 bridgehead atoms. The van der Waals surface area contributed by atoms with Crippen molar-refractivity contribution in [3.8, 4) is 0 Å². The zero-order chi connectivity index (χ0) is 12.5. The second kappa shape index (κ2) is 8.84. The van der Waals surface area contributed by atoms with Crippen molar-refractivity contribution in [1.29, 1.82) is 0 Å². The Bertz CT molecular complexity index is 574. The van der Waals surface area contributed by atoms with Crippen LogP contribution in [0.4, 0.5) is 8.78 Å². The van der Waals surface area contributed by atoms with E-state index < -0.39 is 21.5 Å². The third-order valence-electron chi connectivity index (χ3n) is 2.11. The van der Waals surface area contributed by atoms with Gasteiger partial charge in [0.05, 0.1) is 0 Å². The van der Waals surface area contributed by atoms with Crippen LogP contribution in [0.5, 0.6) is 0 Å². The smallest absolute Gasteiger partial charge is 0.244 e. The first kappa shape index (κ1) is 20.5. The van der Waals surface area contributed by atoms with Crippen molar-refractivity contribution in [3.63, 3.8) is 0 Å². The van der Waals surface area contributed by atoms with Crippen molar-refractivity contribution in [2.24, 2.45) is 0 Å². The summed E-state index contributed by atoms with van der Waals surface area (Å²) in [6.45, 7) is 0. The molecule has 0 aliphatic carbocycles. The van der Waals surface area contributed by atoms with Crippen molar-refractivity contribution in [2.45, 2.75) is 9.79 Å². The molecule has 0 unspecified atom stereocenters. The Kier molecular flexibility index (Phi) is 9.55. The Morgan fingerprint density at radius 3 is 1.42 bits per heavy atom. The summed E-state index contributed by atoms with van der Waals surface area (Å²) in [4.78, 5) is -0.196. The monoisotopic (exact) mass is 330 g/mol. The fourth-order valence-electron chi connectivity index (χ4n) is 1.25. The molecule has 0 spiro atoms. The molecule has 88 valence electrons. The normalized spacial score (nSPS) is 10.2. The van der Waals surface area contributed by atoms with Crippen molar-refractivity contribution in [2.75, 3.05) is 0 Å². The van der Waals surface area contributed by atoms with Crippen LogP contribution in [0.1, 0.15) is 0 Å². The van der Waals surface area contributed by atoms with Gasteiger partial charge in [-0.3, -0.25) is 0 Å². The second-order valence-electron chi connectivity index (χ2n) is 3.25. The summed E-state index contributed by atoms with van der Waals surface area (Å²) in [5.41, 5.74) is 0. The van der Waals surface area contributed by atoms with Gasteiger partial charge >= 0.3 is 103 Å². The number of sulfone groups is 1. The molecule has 0 atom stereocenters. The second-order valence-corrected chi connectivity index (χ2v) is 5.20. The Labute approximate surface area is 195 Å². The third-order valence-corrected chi connectivity index (χ3v) is 3.86. The summed E-state index contributed by atoms with van der Waals surface area (Å²) < 4.78 is 49.2. The topological polar surface area (TPSA) is 34.1 Å². The Hall–Kier alpha value is 1.52. The van der Waals surface area contributed by atoms with Crippen LogP contribution in [-0.2, 0) is 9.84 Å². The molecule has 2 aromatic carbocycles. The zero-order valence-corrected chi connectivity index (χ0v) is 17.5. The average Bonchev–Trinajstić information content (AvgIpc) is 2.30. The molecule has 0 aromatic heterocycles. The molecular formula is C12H6F2K2O2S. The van der Waals surface area contributed by atoms with Crippen molar-refractivity contribution in [3.05, 3.63) is 60.2 Å². The van der Waals surface area contributed by atoms with Crippen molar-refractivity contribution >= 4 is 9.84 Å². The van der Waals surface area contributed by atoms with Crippen LogP contribution in [0, 0.1) is 23.8 Å². The van der Waals surface area contributed by atoms with Crippen LogP contribution in [0.15, 0.2) is 46.2 Å². The van der Waals surface area contributed by atoms with Gasteiger partial charge in [0.15, 0.2) is 0 Å². The maximum atomic E-state index is 12.6.